The third kappa shape index (κ3) is 3.76. The molecule has 0 radical (unpaired) electrons. The molecular weight excluding hydrogens is 255 g/mol. The van der Waals surface area contributed by atoms with Crippen LogP contribution in [-0.2, 0) is 10.0 Å². The topological polar surface area (TPSA) is 72.2 Å². The van der Waals surface area contributed by atoms with Crippen LogP contribution in [0.5, 0.6) is 0 Å². The summed E-state index contributed by atoms with van der Waals surface area (Å²) in [6.45, 7) is 3.94. The predicted octanol–water partition coefficient (Wildman–Crippen LogP) is 1.62. The van der Waals surface area contributed by atoms with Gasteiger partial charge in [-0.3, -0.25) is 0 Å². The van der Waals surface area contributed by atoms with Crippen molar-refractivity contribution < 1.29 is 12.8 Å². The van der Waals surface area contributed by atoms with Gasteiger partial charge in [-0.2, -0.15) is 0 Å². The van der Waals surface area contributed by atoms with Crippen LogP contribution in [0.1, 0.15) is 26.7 Å². The van der Waals surface area contributed by atoms with Gasteiger partial charge in [0.25, 0.3) is 0 Å². The molecule has 0 spiro atoms. The van der Waals surface area contributed by atoms with Crippen molar-refractivity contribution >= 4 is 10.0 Å². The van der Waals surface area contributed by atoms with Crippen LogP contribution in [0.4, 0.5) is 4.39 Å². The zero-order valence-corrected chi connectivity index (χ0v) is 11.4. The third-order valence-electron chi connectivity index (χ3n) is 3.13. The minimum absolute atomic E-state index is 0.0861. The van der Waals surface area contributed by atoms with E-state index in [9.17, 15) is 12.8 Å². The van der Waals surface area contributed by atoms with Crippen molar-refractivity contribution in [2.45, 2.75) is 37.1 Å². The first kappa shape index (κ1) is 15.1. The molecule has 0 aliphatic rings. The second-order valence-electron chi connectivity index (χ2n) is 4.35. The molecule has 0 fully saturated rings. The molecule has 1 aromatic rings. The van der Waals surface area contributed by atoms with Crippen molar-refractivity contribution in [3.63, 3.8) is 0 Å². The van der Waals surface area contributed by atoms with Crippen LogP contribution in [0.2, 0.25) is 0 Å². The van der Waals surface area contributed by atoms with Crippen LogP contribution in [0, 0.1) is 5.82 Å². The molecule has 0 heterocycles. The van der Waals surface area contributed by atoms with E-state index in [1.165, 1.54) is 18.2 Å². The summed E-state index contributed by atoms with van der Waals surface area (Å²) in [5, 5.41) is 0. The van der Waals surface area contributed by atoms with Gasteiger partial charge in [-0.15, -0.1) is 0 Å². The van der Waals surface area contributed by atoms with Gasteiger partial charge in [0.15, 0.2) is 0 Å². The summed E-state index contributed by atoms with van der Waals surface area (Å²) in [5.74, 6) is -0.581. The lowest BCUT2D eigenvalue weighted by Crippen LogP contribution is -2.49. The number of halogens is 1. The van der Waals surface area contributed by atoms with E-state index in [1.807, 2.05) is 13.8 Å². The average molecular weight is 274 g/mol. The molecule has 0 aliphatic heterocycles. The molecule has 0 unspecified atom stereocenters. The molecule has 3 N–H and O–H groups in total. The van der Waals surface area contributed by atoms with Crippen LogP contribution in [0.15, 0.2) is 29.2 Å². The molecule has 0 atom stereocenters. The molecule has 1 rings (SSSR count). The fourth-order valence-corrected chi connectivity index (χ4v) is 2.63. The first-order chi connectivity index (χ1) is 8.33. The molecule has 0 saturated heterocycles. The molecule has 1 aromatic carbocycles. The molecular formula is C12H19FN2O2S. The molecule has 0 bridgehead atoms. The number of nitrogens with one attached hydrogen (secondary N) is 1. The Morgan fingerprint density at radius 1 is 1.33 bits per heavy atom. The van der Waals surface area contributed by atoms with Gasteiger partial charge in [-0.1, -0.05) is 19.9 Å². The lowest BCUT2D eigenvalue weighted by atomic mass is 9.95. The smallest absolute Gasteiger partial charge is 0.240 e. The van der Waals surface area contributed by atoms with Gasteiger partial charge in [-0.05, 0) is 31.0 Å². The van der Waals surface area contributed by atoms with Gasteiger partial charge < -0.3 is 5.73 Å². The Hall–Kier alpha value is -0.980. The van der Waals surface area contributed by atoms with Gasteiger partial charge >= 0.3 is 0 Å². The Bertz CT molecular complexity index is 499. The predicted molar refractivity (Wildman–Crippen MR) is 69.1 cm³/mol. The summed E-state index contributed by atoms with van der Waals surface area (Å²) in [6, 6.07) is 4.89. The van der Waals surface area contributed by atoms with Crippen LogP contribution in [0.3, 0.4) is 0 Å². The Morgan fingerprint density at radius 2 is 1.94 bits per heavy atom. The molecule has 6 heteroatoms. The van der Waals surface area contributed by atoms with E-state index in [-0.39, 0.29) is 11.4 Å². The van der Waals surface area contributed by atoms with E-state index in [1.54, 1.807) is 0 Å². The zero-order chi connectivity index (χ0) is 13.8. The number of rotatable bonds is 6. The van der Waals surface area contributed by atoms with Crippen molar-refractivity contribution in [2.75, 3.05) is 6.54 Å². The van der Waals surface area contributed by atoms with Crippen molar-refractivity contribution in [3.8, 4) is 0 Å². The average Bonchev–Trinajstić information content (AvgIpc) is 2.36. The van der Waals surface area contributed by atoms with E-state index >= 15 is 0 Å². The van der Waals surface area contributed by atoms with Crippen molar-refractivity contribution in [1.29, 1.82) is 0 Å². The normalized spacial score (nSPS) is 12.7. The van der Waals surface area contributed by atoms with E-state index in [0.29, 0.717) is 12.8 Å². The highest BCUT2D eigenvalue weighted by Crippen LogP contribution is 2.13. The van der Waals surface area contributed by atoms with E-state index in [2.05, 4.69) is 4.72 Å². The maximum atomic E-state index is 13.0. The highest BCUT2D eigenvalue weighted by Gasteiger charge is 2.24. The fourth-order valence-electron chi connectivity index (χ4n) is 1.46. The number of nitrogens with two attached hydrogens (primary N) is 1. The van der Waals surface area contributed by atoms with Gasteiger partial charge in [0.2, 0.25) is 10.0 Å². The maximum absolute atomic E-state index is 13.0. The molecule has 0 aliphatic carbocycles. The molecule has 0 amide bonds. The second kappa shape index (κ2) is 5.77. The number of hydrogen-bond acceptors (Lipinski definition) is 3. The number of benzene rings is 1. The minimum atomic E-state index is -3.71. The Labute approximate surface area is 107 Å². The van der Waals surface area contributed by atoms with E-state index in [0.717, 1.165) is 6.07 Å². The summed E-state index contributed by atoms with van der Waals surface area (Å²) in [4.78, 5) is -0.0861. The highest BCUT2D eigenvalue weighted by molar-refractivity contribution is 7.89. The Morgan fingerprint density at radius 3 is 2.44 bits per heavy atom. The van der Waals surface area contributed by atoms with E-state index < -0.39 is 21.4 Å². The monoisotopic (exact) mass is 274 g/mol. The first-order valence-electron chi connectivity index (χ1n) is 5.87. The van der Waals surface area contributed by atoms with Crippen molar-refractivity contribution in [1.82, 2.24) is 4.72 Å². The molecule has 0 saturated carbocycles. The first-order valence-corrected chi connectivity index (χ1v) is 7.35. The molecule has 18 heavy (non-hydrogen) atoms. The largest absolute Gasteiger partial charge is 0.324 e. The molecule has 0 aromatic heterocycles. The lowest BCUT2D eigenvalue weighted by Gasteiger charge is -2.26. The van der Waals surface area contributed by atoms with Crippen molar-refractivity contribution in [2.24, 2.45) is 5.73 Å². The minimum Gasteiger partial charge on any atom is -0.324 e. The van der Waals surface area contributed by atoms with Gasteiger partial charge in [0.05, 0.1) is 4.90 Å². The quantitative estimate of drug-likeness (QED) is 0.828. The molecule has 4 nitrogen and oxygen atoms in total. The summed E-state index contributed by atoms with van der Waals surface area (Å²) >= 11 is 0. The summed E-state index contributed by atoms with van der Waals surface area (Å²) in [5.41, 5.74) is 5.44. The van der Waals surface area contributed by atoms with E-state index in [4.69, 9.17) is 5.73 Å². The highest BCUT2D eigenvalue weighted by atomic mass is 32.2. The van der Waals surface area contributed by atoms with Crippen LogP contribution in [0.25, 0.3) is 0 Å². The van der Waals surface area contributed by atoms with Gasteiger partial charge in [-0.25, -0.2) is 17.5 Å². The Kier molecular flexibility index (Phi) is 4.84. The standard InChI is InChI=1S/C12H19FN2O2S/c1-3-12(14,4-2)9-15-18(16,17)11-7-5-6-10(13)8-11/h5-8,15H,3-4,9,14H2,1-2H3. The van der Waals surface area contributed by atoms with Gasteiger partial charge in [0, 0.05) is 12.1 Å². The van der Waals surface area contributed by atoms with Crippen LogP contribution >= 0.6 is 0 Å². The SMILES string of the molecule is CCC(N)(CC)CNS(=O)(=O)c1cccc(F)c1. The van der Waals surface area contributed by atoms with Gasteiger partial charge in [0.1, 0.15) is 5.82 Å². The summed E-state index contributed by atoms with van der Waals surface area (Å²) in [7, 11) is -3.71. The summed E-state index contributed by atoms with van der Waals surface area (Å²) < 4.78 is 39.3. The third-order valence-corrected chi connectivity index (χ3v) is 4.53. The lowest BCUT2D eigenvalue weighted by molar-refractivity contribution is 0.391. The number of hydrogen-bond donors (Lipinski definition) is 2. The second-order valence-corrected chi connectivity index (χ2v) is 6.12. The fraction of sp³-hybridized carbons (Fsp3) is 0.500. The number of sulfonamides is 1. The molecule has 102 valence electrons. The van der Waals surface area contributed by atoms with Crippen LogP contribution in [-0.4, -0.2) is 20.5 Å². The summed E-state index contributed by atoms with van der Waals surface area (Å²) in [6.07, 6.45) is 1.32. The zero-order valence-electron chi connectivity index (χ0n) is 10.6. The Balaban J connectivity index is 2.84. The maximum Gasteiger partial charge on any atom is 0.240 e. The van der Waals surface area contributed by atoms with Crippen LogP contribution < -0.4 is 10.5 Å². The van der Waals surface area contributed by atoms with Crippen molar-refractivity contribution in [3.05, 3.63) is 30.1 Å².